The van der Waals surface area contributed by atoms with Crippen LogP contribution in [0.2, 0.25) is 0 Å². The van der Waals surface area contributed by atoms with Gasteiger partial charge in [-0.05, 0) is 36.4 Å². The third-order valence-corrected chi connectivity index (χ3v) is 4.95. The molecule has 0 spiro atoms. The molecule has 2 aliphatic rings. The number of hydrogen-bond donors (Lipinski definition) is 1. The lowest BCUT2D eigenvalue weighted by molar-refractivity contribution is -0.129. The van der Waals surface area contributed by atoms with Crippen molar-refractivity contribution in [3.8, 4) is 17.2 Å². The third kappa shape index (κ3) is 4.53. The minimum atomic E-state index is -0.256. The molecular weight excluding hydrogens is 374 g/mol. The van der Waals surface area contributed by atoms with E-state index in [0.29, 0.717) is 22.9 Å². The lowest BCUT2D eigenvalue weighted by Crippen LogP contribution is -2.48. The average Bonchev–Trinajstić information content (AvgIpc) is 3.20. The van der Waals surface area contributed by atoms with Crippen molar-refractivity contribution in [3.05, 3.63) is 42.5 Å². The summed E-state index contributed by atoms with van der Waals surface area (Å²) in [6, 6.07) is 12.9. The van der Waals surface area contributed by atoms with E-state index in [1.54, 1.807) is 25.1 Å². The van der Waals surface area contributed by atoms with Crippen LogP contribution >= 0.6 is 0 Å². The summed E-state index contributed by atoms with van der Waals surface area (Å²) in [7, 11) is 0. The minimum Gasteiger partial charge on any atom is -0.484 e. The Morgan fingerprint density at radius 2 is 1.72 bits per heavy atom. The van der Waals surface area contributed by atoms with Crippen LogP contribution in [0.5, 0.6) is 17.2 Å². The van der Waals surface area contributed by atoms with E-state index in [1.165, 1.54) is 0 Å². The summed E-state index contributed by atoms with van der Waals surface area (Å²) in [6.07, 6.45) is 0. The molecule has 8 heteroatoms. The summed E-state index contributed by atoms with van der Waals surface area (Å²) >= 11 is 0. The molecule has 8 nitrogen and oxygen atoms in total. The van der Waals surface area contributed by atoms with Crippen molar-refractivity contribution in [1.29, 1.82) is 0 Å². The van der Waals surface area contributed by atoms with Gasteiger partial charge in [0.05, 0.1) is 0 Å². The summed E-state index contributed by atoms with van der Waals surface area (Å²) in [5.41, 5.74) is 1.70. The molecule has 0 bridgehead atoms. The van der Waals surface area contributed by atoms with E-state index < -0.39 is 0 Å². The topological polar surface area (TPSA) is 80.3 Å². The van der Waals surface area contributed by atoms with Crippen molar-refractivity contribution in [2.24, 2.45) is 0 Å². The molecule has 4 rings (SSSR count). The highest BCUT2D eigenvalue weighted by molar-refractivity contribution is 5.92. The number of piperazine rings is 1. The highest BCUT2D eigenvalue weighted by atomic mass is 16.7. The molecule has 0 atom stereocenters. The molecule has 1 fully saturated rings. The summed E-state index contributed by atoms with van der Waals surface area (Å²) in [5, 5.41) is 2.78. The molecule has 1 saturated heterocycles. The molecule has 29 heavy (non-hydrogen) atoms. The van der Waals surface area contributed by atoms with E-state index in [0.717, 1.165) is 31.9 Å². The lowest BCUT2D eigenvalue weighted by atomic mass is 10.2. The van der Waals surface area contributed by atoms with Crippen LogP contribution in [0, 0.1) is 0 Å². The van der Waals surface area contributed by atoms with Gasteiger partial charge in [-0.3, -0.25) is 9.59 Å². The first-order valence-corrected chi connectivity index (χ1v) is 9.51. The van der Waals surface area contributed by atoms with Gasteiger partial charge in [0.25, 0.3) is 5.91 Å². The first-order chi connectivity index (χ1) is 14.1. The van der Waals surface area contributed by atoms with Gasteiger partial charge < -0.3 is 29.3 Å². The van der Waals surface area contributed by atoms with Crippen molar-refractivity contribution in [3.63, 3.8) is 0 Å². The summed E-state index contributed by atoms with van der Waals surface area (Å²) in [4.78, 5) is 27.6. The van der Waals surface area contributed by atoms with Crippen LogP contribution in [-0.4, -0.2) is 56.3 Å². The van der Waals surface area contributed by atoms with Crippen molar-refractivity contribution in [2.45, 2.75) is 6.92 Å². The van der Waals surface area contributed by atoms with E-state index in [2.05, 4.69) is 10.2 Å². The summed E-state index contributed by atoms with van der Waals surface area (Å²) in [5.74, 6) is 1.77. The molecule has 0 aromatic heterocycles. The van der Waals surface area contributed by atoms with Crippen LogP contribution < -0.4 is 24.4 Å². The predicted octanol–water partition coefficient (Wildman–Crippen LogP) is 2.10. The molecule has 0 saturated carbocycles. The molecule has 2 amide bonds. The molecule has 152 valence electrons. The Labute approximate surface area is 168 Å². The van der Waals surface area contributed by atoms with Crippen LogP contribution in [0.4, 0.5) is 11.4 Å². The maximum absolute atomic E-state index is 12.1. The summed E-state index contributed by atoms with van der Waals surface area (Å²) < 4.78 is 16.1. The van der Waals surface area contributed by atoms with Crippen LogP contribution in [0.1, 0.15) is 6.92 Å². The van der Waals surface area contributed by atoms with Gasteiger partial charge in [0.15, 0.2) is 18.1 Å². The largest absolute Gasteiger partial charge is 0.484 e. The number of amides is 2. The van der Waals surface area contributed by atoms with Gasteiger partial charge in [-0.15, -0.1) is 0 Å². The van der Waals surface area contributed by atoms with E-state index in [4.69, 9.17) is 14.2 Å². The fourth-order valence-electron chi connectivity index (χ4n) is 3.35. The smallest absolute Gasteiger partial charge is 0.262 e. The van der Waals surface area contributed by atoms with Gasteiger partial charge in [-0.2, -0.15) is 0 Å². The Balaban J connectivity index is 1.26. The second-order valence-corrected chi connectivity index (χ2v) is 6.89. The van der Waals surface area contributed by atoms with Crippen molar-refractivity contribution < 1.29 is 23.8 Å². The number of anilines is 2. The zero-order chi connectivity index (χ0) is 20.2. The minimum absolute atomic E-state index is 0.0922. The second kappa shape index (κ2) is 8.30. The fourth-order valence-corrected chi connectivity index (χ4v) is 3.35. The number of benzene rings is 2. The maximum Gasteiger partial charge on any atom is 0.262 e. The van der Waals surface area contributed by atoms with Gasteiger partial charge in [-0.1, -0.05) is 0 Å². The number of nitrogens with zero attached hydrogens (tertiary/aromatic N) is 2. The van der Waals surface area contributed by atoms with Crippen LogP contribution in [0.3, 0.4) is 0 Å². The number of hydrogen-bond acceptors (Lipinski definition) is 6. The molecule has 0 radical (unpaired) electrons. The first kappa shape index (κ1) is 18.9. The number of carbonyl (C=O) groups excluding carboxylic acids is 2. The summed E-state index contributed by atoms with van der Waals surface area (Å²) in [6.45, 7) is 4.77. The zero-order valence-electron chi connectivity index (χ0n) is 16.2. The van der Waals surface area contributed by atoms with Crippen LogP contribution in [0.15, 0.2) is 42.5 Å². The Morgan fingerprint density at radius 1 is 1.00 bits per heavy atom. The lowest BCUT2D eigenvalue weighted by Gasteiger charge is -2.35. The normalized spacial score (nSPS) is 15.2. The second-order valence-electron chi connectivity index (χ2n) is 6.89. The monoisotopic (exact) mass is 397 g/mol. The van der Waals surface area contributed by atoms with E-state index in [9.17, 15) is 9.59 Å². The van der Waals surface area contributed by atoms with Gasteiger partial charge in [0, 0.05) is 50.5 Å². The van der Waals surface area contributed by atoms with Crippen molar-refractivity contribution in [1.82, 2.24) is 4.90 Å². The van der Waals surface area contributed by atoms with E-state index in [1.807, 2.05) is 29.2 Å². The van der Waals surface area contributed by atoms with Crippen molar-refractivity contribution in [2.75, 3.05) is 49.8 Å². The zero-order valence-corrected chi connectivity index (χ0v) is 16.2. The fraction of sp³-hybridized carbons (Fsp3) is 0.333. The average molecular weight is 397 g/mol. The standard InChI is InChI=1S/C21H23N3O5/c1-15(25)23-8-10-24(11-9-23)17-3-5-18(6-4-17)27-13-21(26)22-16-2-7-19-20(12-16)29-14-28-19/h2-7,12H,8-11,13-14H2,1H3,(H,22,26). The molecule has 1 N–H and O–H groups in total. The third-order valence-electron chi connectivity index (χ3n) is 4.95. The number of ether oxygens (including phenoxy) is 3. The van der Waals surface area contributed by atoms with Gasteiger partial charge in [0.2, 0.25) is 12.7 Å². The first-order valence-electron chi connectivity index (χ1n) is 9.51. The Hall–Kier alpha value is -3.42. The molecule has 2 heterocycles. The molecule has 2 aromatic carbocycles. The highest BCUT2D eigenvalue weighted by Gasteiger charge is 2.19. The number of fused-ring (bicyclic) bond motifs is 1. The predicted molar refractivity (Wildman–Crippen MR) is 108 cm³/mol. The Kier molecular flexibility index (Phi) is 5.41. The number of carbonyl (C=O) groups is 2. The maximum atomic E-state index is 12.1. The number of nitrogens with one attached hydrogen (secondary N) is 1. The van der Waals surface area contributed by atoms with E-state index >= 15 is 0 Å². The van der Waals surface area contributed by atoms with Crippen LogP contribution in [0.25, 0.3) is 0 Å². The molecule has 0 aliphatic carbocycles. The Morgan fingerprint density at radius 3 is 2.45 bits per heavy atom. The van der Waals surface area contributed by atoms with Gasteiger partial charge in [0.1, 0.15) is 5.75 Å². The van der Waals surface area contributed by atoms with Gasteiger partial charge >= 0.3 is 0 Å². The molecule has 0 unspecified atom stereocenters. The molecule has 2 aliphatic heterocycles. The quantitative estimate of drug-likeness (QED) is 0.832. The Bertz CT molecular complexity index is 892. The molecular formula is C21H23N3O5. The van der Waals surface area contributed by atoms with Crippen LogP contribution in [-0.2, 0) is 9.59 Å². The molecule has 2 aromatic rings. The van der Waals surface area contributed by atoms with Gasteiger partial charge in [-0.25, -0.2) is 0 Å². The number of rotatable bonds is 5. The van der Waals surface area contributed by atoms with E-state index in [-0.39, 0.29) is 25.2 Å². The highest BCUT2D eigenvalue weighted by Crippen LogP contribution is 2.34. The SMILES string of the molecule is CC(=O)N1CCN(c2ccc(OCC(=O)Nc3ccc4c(c3)OCO4)cc2)CC1. The van der Waals surface area contributed by atoms with Crippen molar-refractivity contribution >= 4 is 23.2 Å².